The van der Waals surface area contributed by atoms with Crippen molar-refractivity contribution in [3.05, 3.63) is 122 Å². The number of hydrogen-bond donors (Lipinski definition) is 0. The minimum absolute atomic E-state index is 0.478. The van der Waals surface area contributed by atoms with Gasteiger partial charge in [0.2, 0.25) is 0 Å². The first-order chi connectivity index (χ1) is 20.5. The third-order valence-corrected chi connectivity index (χ3v) is 9.21. The van der Waals surface area contributed by atoms with Crippen LogP contribution < -0.4 is 0 Å². The number of benzene rings is 3. The van der Waals surface area contributed by atoms with Crippen LogP contribution in [0.5, 0.6) is 0 Å². The highest BCUT2D eigenvalue weighted by Gasteiger charge is 2.44. The van der Waals surface area contributed by atoms with Crippen LogP contribution in [-0.2, 0) is 44.1 Å². The molecule has 0 saturated carbocycles. The van der Waals surface area contributed by atoms with Crippen LogP contribution in [-0.4, -0.2) is 14.7 Å². The molecule has 3 aromatic carbocycles. The molecule has 0 atom stereocenters. The average molecular weight is 581 g/mol. The van der Waals surface area contributed by atoms with E-state index in [1.54, 1.807) is 13.0 Å². The summed E-state index contributed by atoms with van der Waals surface area (Å²) >= 11 is 0. The lowest BCUT2D eigenvalue weighted by Gasteiger charge is -2.32. The van der Waals surface area contributed by atoms with Crippen LogP contribution in [0.15, 0.2) is 60.7 Å². The number of rotatable bonds is 6. The number of aryl methyl sites for hydroxylation is 3. The van der Waals surface area contributed by atoms with Gasteiger partial charge in [-0.05, 0) is 91.1 Å². The van der Waals surface area contributed by atoms with Gasteiger partial charge in [-0.25, -0.2) is 9.53 Å². The molecule has 7 heteroatoms. The molecule has 0 N–H and O–H groups in total. The second-order valence-corrected chi connectivity index (χ2v) is 12.0. The molecule has 0 saturated heterocycles. The highest BCUT2D eigenvalue weighted by Crippen LogP contribution is 2.48. The number of hydrogen-bond acceptors (Lipinski definition) is 2. The van der Waals surface area contributed by atoms with Crippen molar-refractivity contribution in [1.82, 2.24) is 14.7 Å². The standard InChI is InChI=1S/C36H35F3N4/c1-7-23-11-9-12-24(8-2)32(23)43-33(28-14-10-13-25-16-18-30(40-6)31(25)28)29-21-42(35(4,5)34(29)41-43)20-26-15-17-27(19-22(26)3)36(37,38)39/h9-15,17-19H,7-8,16,20-21H2,1-5H3. The van der Waals surface area contributed by atoms with Gasteiger partial charge in [0.05, 0.1) is 34.7 Å². The van der Waals surface area contributed by atoms with Crippen molar-refractivity contribution in [3.63, 3.8) is 0 Å². The Bertz CT molecular complexity index is 1800. The van der Waals surface area contributed by atoms with Crippen molar-refractivity contribution in [1.29, 1.82) is 0 Å². The van der Waals surface area contributed by atoms with Gasteiger partial charge in [-0.1, -0.05) is 62.4 Å². The van der Waals surface area contributed by atoms with Gasteiger partial charge < -0.3 is 0 Å². The first-order valence-electron chi connectivity index (χ1n) is 14.8. The van der Waals surface area contributed by atoms with Crippen LogP contribution in [0.1, 0.15) is 77.9 Å². The maximum Gasteiger partial charge on any atom is 0.416 e. The van der Waals surface area contributed by atoms with Gasteiger partial charge in [-0.2, -0.15) is 18.3 Å². The van der Waals surface area contributed by atoms with Gasteiger partial charge in [0.15, 0.2) is 5.70 Å². The lowest BCUT2D eigenvalue weighted by Crippen LogP contribution is -2.36. The summed E-state index contributed by atoms with van der Waals surface area (Å²) < 4.78 is 42.2. The van der Waals surface area contributed by atoms with Crippen molar-refractivity contribution in [2.24, 2.45) is 0 Å². The zero-order valence-electron chi connectivity index (χ0n) is 25.2. The predicted octanol–water partition coefficient (Wildman–Crippen LogP) is 9.06. The summed E-state index contributed by atoms with van der Waals surface area (Å²) in [6.45, 7) is 19.3. The Morgan fingerprint density at radius 1 is 0.977 bits per heavy atom. The Labute approximate surface area is 251 Å². The highest BCUT2D eigenvalue weighted by atomic mass is 19.4. The summed E-state index contributed by atoms with van der Waals surface area (Å²) in [6, 6.07) is 16.7. The number of nitrogens with zero attached hydrogens (tertiary/aromatic N) is 4. The Kier molecular flexibility index (Phi) is 7.09. The van der Waals surface area contributed by atoms with Crippen molar-refractivity contribution < 1.29 is 13.2 Å². The van der Waals surface area contributed by atoms with E-state index in [0.717, 1.165) is 64.2 Å². The third kappa shape index (κ3) is 4.69. The van der Waals surface area contributed by atoms with E-state index in [1.165, 1.54) is 23.3 Å². The summed E-state index contributed by atoms with van der Waals surface area (Å²) in [5.74, 6) is 0. The molecule has 4 aromatic rings. The molecule has 1 aromatic heterocycles. The molecule has 0 unspecified atom stereocenters. The van der Waals surface area contributed by atoms with Crippen LogP contribution in [0.4, 0.5) is 13.2 Å². The predicted molar refractivity (Wildman–Crippen MR) is 164 cm³/mol. The monoisotopic (exact) mass is 580 g/mol. The van der Waals surface area contributed by atoms with Gasteiger partial charge in [0, 0.05) is 18.7 Å². The van der Waals surface area contributed by atoms with E-state index in [0.29, 0.717) is 24.4 Å². The average Bonchev–Trinajstić information content (AvgIpc) is 3.64. The fourth-order valence-electron chi connectivity index (χ4n) is 6.74. The smallest absolute Gasteiger partial charge is 0.284 e. The van der Waals surface area contributed by atoms with Crippen molar-refractivity contribution >= 4 is 5.70 Å². The molecule has 43 heavy (non-hydrogen) atoms. The van der Waals surface area contributed by atoms with Crippen LogP contribution in [0.25, 0.3) is 27.5 Å². The van der Waals surface area contributed by atoms with Crippen LogP contribution in [0, 0.1) is 13.5 Å². The van der Waals surface area contributed by atoms with E-state index >= 15 is 0 Å². The van der Waals surface area contributed by atoms with E-state index < -0.39 is 17.3 Å². The quantitative estimate of drug-likeness (QED) is 0.213. The van der Waals surface area contributed by atoms with Gasteiger partial charge in [0.1, 0.15) is 0 Å². The molecule has 0 radical (unpaired) electrons. The van der Waals surface area contributed by atoms with Gasteiger partial charge in [-0.15, -0.1) is 0 Å². The van der Waals surface area contributed by atoms with Crippen LogP contribution in [0.3, 0.4) is 0 Å². The molecule has 2 heterocycles. The maximum atomic E-state index is 13.4. The Balaban J connectivity index is 1.54. The number of alkyl halides is 3. The van der Waals surface area contributed by atoms with Crippen molar-refractivity contribution in [3.8, 4) is 16.9 Å². The molecule has 220 valence electrons. The zero-order chi connectivity index (χ0) is 30.7. The molecule has 2 aliphatic rings. The van der Waals surface area contributed by atoms with E-state index in [-0.39, 0.29) is 0 Å². The Morgan fingerprint density at radius 2 is 1.67 bits per heavy atom. The lowest BCUT2D eigenvalue weighted by atomic mass is 9.94. The number of halogens is 3. The molecule has 6 rings (SSSR count). The molecule has 1 aliphatic carbocycles. The number of para-hydroxylation sites is 1. The second kappa shape index (κ2) is 10.5. The minimum atomic E-state index is -4.37. The molecule has 0 bridgehead atoms. The maximum absolute atomic E-state index is 13.4. The zero-order valence-corrected chi connectivity index (χ0v) is 25.2. The van der Waals surface area contributed by atoms with E-state index in [4.69, 9.17) is 11.7 Å². The molecule has 4 nitrogen and oxygen atoms in total. The van der Waals surface area contributed by atoms with Gasteiger partial charge in [0.25, 0.3) is 0 Å². The summed E-state index contributed by atoms with van der Waals surface area (Å²) in [7, 11) is 0. The normalized spacial score (nSPS) is 15.7. The van der Waals surface area contributed by atoms with E-state index in [1.807, 2.05) is 6.08 Å². The molecule has 1 aliphatic heterocycles. The molecule has 0 fully saturated rings. The minimum Gasteiger partial charge on any atom is -0.284 e. The fraction of sp³-hybridized carbons (Fsp3) is 0.333. The number of allylic oxidation sites excluding steroid dienone is 1. The van der Waals surface area contributed by atoms with Gasteiger partial charge >= 0.3 is 6.18 Å². The summed E-state index contributed by atoms with van der Waals surface area (Å²) in [5.41, 5.74) is 10.8. The van der Waals surface area contributed by atoms with Crippen molar-refractivity contribution in [2.45, 2.75) is 78.7 Å². The van der Waals surface area contributed by atoms with E-state index in [2.05, 4.69) is 78.5 Å². The van der Waals surface area contributed by atoms with Crippen LogP contribution >= 0.6 is 0 Å². The van der Waals surface area contributed by atoms with Crippen LogP contribution in [0.2, 0.25) is 0 Å². The van der Waals surface area contributed by atoms with E-state index in [9.17, 15) is 13.2 Å². The fourth-order valence-corrected chi connectivity index (χ4v) is 6.74. The SMILES string of the molecule is [C-]#[N+]C1=CCc2cccc(-c3c4c(nn3-c3c(CC)cccc3CC)C(C)(C)N(Cc3ccc(C(F)(F)F)cc3C)C4)c21. The van der Waals surface area contributed by atoms with Crippen molar-refractivity contribution in [2.75, 3.05) is 0 Å². The number of fused-ring (bicyclic) bond motifs is 2. The Morgan fingerprint density at radius 3 is 2.30 bits per heavy atom. The topological polar surface area (TPSA) is 25.4 Å². The highest BCUT2D eigenvalue weighted by molar-refractivity contribution is 5.89. The largest absolute Gasteiger partial charge is 0.416 e. The first-order valence-corrected chi connectivity index (χ1v) is 14.8. The lowest BCUT2D eigenvalue weighted by molar-refractivity contribution is -0.137. The molecular weight excluding hydrogens is 545 g/mol. The molecule has 0 spiro atoms. The summed E-state index contributed by atoms with van der Waals surface area (Å²) in [5, 5.41) is 5.37. The Hall–Kier alpha value is -4.15. The summed E-state index contributed by atoms with van der Waals surface area (Å²) in [6.07, 6.45) is 0.0781. The first kappa shape index (κ1) is 28.9. The third-order valence-electron chi connectivity index (χ3n) is 9.21. The number of aromatic nitrogens is 2. The molecular formula is C36H35F3N4. The molecule has 0 amide bonds. The summed E-state index contributed by atoms with van der Waals surface area (Å²) in [4.78, 5) is 6.19. The van der Waals surface area contributed by atoms with Gasteiger partial charge in [-0.3, -0.25) is 4.90 Å². The second-order valence-electron chi connectivity index (χ2n) is 12.0.